The molecule has 0 aliphatic carbocycles. The number of fused-ring (bicyclic) bond motifs is 1. The van der Waals surface area contributed by atoms with Crippen molar-refractivity contribution < 1.29 is 0 Å². The van der Waals surface area contributed by atoms with E-state index in [1.54, 1.807) is 18.7 Å². The average Bonchev–Trinajstić information content (AvgIpc) is 3.45. The van der Waals surface area contributed by atoms with Crippen molar-refractivity contribution in [3.63, 3.8) is 0 Å². The summed E-state index contributed by atoms with van der Waals surface area (Å²) in [6.07, 6.45) is 9.75. The normalized spacial score (nSPS) is 14.3. The molecule has 1 aliphatic heterocycles. The van der Waals surface area contributed by atoms with Gasteiger partial charge in [-0.05, 0) is 43.6 Å². The van der Waals surface area contributed by atoms with Crippen LogP contribution in [0.1, 0.15) is 18.4 Å². The lowest BCUT2D eigenvalue weighted by Crippen LogP contribution is -2.18. The van der Waals surface area contributed by atoms with E-state index in [1.165, 1.54) is 31.5 Å². The van der Waals surface area contributed by atoms with Crippen LogP contribution in [-0.4, -0.2) is 49.5 Å². The van der Waals surface area contributed by atoms with Crippen molar-refractivity contribution in [1.82, 2.24) is 29.4 Å². The third-order valence-electron chi connectivity index (χ3n) is 5.73. The van der Waals surface area contributed by atoms with Crippen molar-refractivity contribution >= 4 is 28.4 Å². The topological polar surface area (TPSA) is 83.8 Å². The quantitative estimate of drug-likeness (QED) is 0.496. The van der Waals surface area contributed by atoms with Gasteiger partial charge in [0.2, 0.25) is 0 Å². The van der Waals surface area contributed by atoms with Gasteiger partial charge in [-0.2, -0.15) is 0 Å². The molecular weight excluding hydrogens is 388 g/mol. The second-order valence-corrected chi connectivity index (χ2v) is 7.92. The molecule has 0 radical (unpaired) electrons. The van der Waals surface area contributed by atoms with Gasteiger partial charge in [-0.3, -0.25) is 9.88 Å². The van der Waals surface area contributed by atoms with Gasteiger partial charge >= 0.3 is 0 Å². The number of anilines is 3. The Morgan fingerprint density at radius 1 is 1.00 bits per heavy atom. The Morgan fingerprint density at radius 2 is 1.81 bits per heavy atom. The van der Waals surface area contributed by atoms with Crippen LogP contribution in [0.4, 0.5) is 17.3 Å². The lowest BCUT2D eigenvalue weighted by atomic mass is 10.1. The van der Waals surface area contributed by atoms with E-state index < -0.39 is 0 Å². The molecule has 1 aromatic carbocycles. The van der Waals surface area contributed by atoms with Gasteiger partial charge < -0.3 is 15.2 Å². The maximum Gasteiger partial charge on any atom is 0.154 e. The van der Waals surface area contributed by atoms with Crippen LogP contribution >= 0.6 is 0 Å². The Labute approximate surface area is 181 Å². The number of likely N-dealkylation sites (tertiary alicyclic amines) is 1. The lowest BCUT2D eigenvalue weighted by Gasteiger charge is -2.15. The number of imidazole rings is 1. The number of pyridine rings is 1. The van der Waals surface area contributed by atoms with Crippen molar-refractivity contribution in [3.8, 4) is 11.3 Å². The fourth-order valence-corrected chi connectivity index (χ4v) is 4.08. The van der Waals surface area contributed by atoms with Gasteiger partial charge in [-0.1, -0.05) is 12.1 Å². The fourth-order valence-electron chi connectivity index (χ4n) is 4.08. The van der Waals surface area contributed by atoms with E-state index in [0.29, 0.717) is 11.6 Å². The zero-order valence-corrected chi connectivity index (χ0v) is 17.8. The van der Waals surface area contributed by atoms with Crippen molar-refractivity contribution in [2.75, 3.05) is 30.8 Å². The van der Waals surface area contributed by atoms with Crippen LogP contribution in [-0.2, 0) is 13.6 Å². The number of rotatable bonds is 6. The first-order chi connectivity index (χ1) is 15.2. The number of benzene rings is 1. The molecule has 31 heavy (non-hydrogen) atoms. The summed E-state index contributed by atoms with van der Waals surface area (Å²) in [6.45, 7) is 3.43. The zero-order chi connectivity index (χ0) is 21.2. The van der Waals surface area contributed by atoms with Gasteiger partial charge in [0, 0.05) is 32.5 Å². The standard InChI is InChI=1S/C23H26N8/c1-24-23-22(18-11-25-12-19-21(18)27-15-30(19)2)26-13-20(29-23)28-17-7-5-16(6-8-17)14-31-9-3-4-10-31/h5-8,11-13,15H,3-4,9-10,14H2,1-2H3,(H2,24,28,29). The first-order valence-electron chi connectivity index (χ1n) is 10.6. The lowest BCUT2D eigenvalue weighted by molar-refractivity contribution is 0.331. The second-order valence-electron chi connectivity index (χ2n) is 7.92. The summed E-state index contributed by atoms with van der Waals surface area (Å²) in [6, 6.07) is 8.54. The molecule has 1 saturated heterocycles. The summed E-state index contributed by atoms with van der Waals surface area (Å²) in [5.74, 6) is 1.36. The van der Waals surface area contributed by atoms with Gasteiger partial charge in [0.15, 0.2) is 11.6 Å². The number of aryl methyl sites for hydroxylation is 1. The summed E-state index contributed by atoms with van der Waals surface area (Å²) in [4.78, 5) is 20.8. The first kappa shape index (κ1) is 19.4. The van der Waals surface area contributed by atoms with Gasteiger partial charge in [0.25, 0.3) is 0 Å². The molecule has 0 atom stereocenters. The average molecular weight is 415 g/mol. The third kappa shape index (κ3) is 3.94. The Balaban J connectivity index is 1.37. The monoisotopic (exact) mass is 414 g/mol. The molecular formula is C23H26N8. The predicted molar refractivity (Wildman–Crippen MR) is 123 cm³/mol. The number of hydrogen-bond acceptors (Lipinski definition) is 7. The molecule has 0 unspecified atom stereocenters. The molecule has 0 amide bonds. The Kier molecular flexibility index (Phi) is 5.21. The molecule has 8 nitrogen and oxygen atoms in total. The van der Waals surface area contributed by atoms with E-state index in [9.17, 15) is 0 Å². The number of nitrogens with zero attached hydrogens (tertiary/aromatic N) is 6. The molecule has 0 saturated carbocycles. The molecule has 4 aromatic rings. The molecule has 0 bridgehead atoms. The smallest absolute Gasteiger partial charge is 0.154 e. The minimum absolute atomic E-state index is 0.676. The maximum atomic E-state index is 4.73. The highest BCUT2D eigenvalue weighted by atomic mass is 15.1. The highest BCUT2D eigenvalue weighted by molar-refractivity contribution is 5.93. The van der Waals surface area contributed by atoms with E-state index in [4.69, 9.17) is 4.98 Å². The zero-order valence-electron chi connectivity index (χ0n) is 17.8. The minimum atomic E-state index is 0.676. The van der Waals surface area contributed by atoms with E-state index in [0.717, 1.165) is 34.5 Å². The fraction of sp³-hybridized carbons (Fsp3) is 0.304. The van der Waals surface area contributed by atoms with Gasteiger partial charge in [0.1, 0.15) is 11.2 Å². The molecule has 158 valence electrons. The van der Waals surface area contributed by atoms with Gasteiger partial charge in [-0.15, -0.1) is 0 Å². The summed E-state index contributed by atoms with van der Waals surface area (Å²) >= 11 is 0. The Bertz CT molecular complexity index is 1190. The molecule has 3 aromatic heterocycles. The summed E-state index contributed by atoms with van der Waals surface area (Å²) in [7, 11) is 3.80. The van der Waals surface area contributed by atoms with Crippen molar-refractivity contribution in [3.05, 3.63) is 54.7 Å². The van der Waals surface area contributed by atoms with E-state index >= 15 is 0 Å². The summed E-state index contributed by atoms with van der Waals surface area (Å²) in [5, 5.41) is 6.52. The molecule has 8 heteroatoms. The van der Waals surface area contributed by atoms with Crippen molar-refractivity contribution in [2.24, 2.45) is 7.05 Å². The second kappa shape index (κ2) is 8.31. The van der Waals surface area contributed by atoms with Gasteiger partial charge in [0.05, 0.1) is 29.8 Å². The number of nitrogens with one attached hydrogen (secondary N) is 2. The van der Waals surface area contributed by atoms with Gasteiger partial charge in [-0.25, -0.2) is 15.0 Å². The van der Waals surface area contributed by atoms with Crippen LogP contribution in [0.5, 0.6) is 0 Å². The van der Waals surface area contributed by atoms with Crippen LogP contribution in [0.3, 0.4) is 0 Å². The number of hydrogen-bond donors (Lipinski definition) is 2. The SMILES string of the molecule is CNc1nc(Nc2ccc(CN3CCCC3)cc2)cnc1-c1cncc2c1ncn2C. The van der Waals surface area contributed by atoms with Crippen molar-refractivity contribution in [2.45, 2.75) is 19.4 Å². The van der Waals surface area contributed by atoms with Crippen molar-refractivity contribution in [1.29, 1.82) is 0 Å². The van der Waals surface area contributed by atoms with Crippen LogP contribution < -0.4 is 10.6 Å². The van der Waals surface area contributed by atoms with E-state index in [-0.39, 0.29) is 0 Å². The predicted octanol–water partition coefficient (Wildman–Crippen LogP) is 3.81. The van der Waals surface area contributed by atoms with Crippen LogP contribution in [0.15, 0.2) is 49.2 Å². The minimum Gasteiger partial charge on any atom is -0.371 e. The molecule has 2 N–H and O–H groups in total. The molecule has 1 aliphatic rings. The molecule has 5 rings (SSSR count). The summed E-state index contributed by atoms with van der Waals surface area (Å²) in [5.41, 5.74) is 5.72. The third-order valence-corrected chi connectivity index (χ3v) is 5.73. The van der Waals surface area contributed by atoms with Crippen LogP contribution in [0.25, 0.3) is 22.3 Å². The largest absolute Gasteiger partial charge is 0.371 e. The molecule has 1 fully saturated rings. The Morgan fingerprint density at radius 3 is 2.58 bits per heavy atom. The summed E-state index contributed by atoms with van der Waals surface area (Å²) < 4.78 is 1.95. The van der Waals surface area contributed by atoms with E-state index in [2.05, 4.69) is 54.8 Å². The van der Waals surface area contributed by atoms with Crippen LogP contribution in [0, 0.1) is 0 Å². The highest BCUT2D eigenvalue weighted by Crippen LogP contribution is 2.30. The molecule has 0 spiro atoms. The first-order valence-corrected chi connectivity index (χ1v) is 10.6. The van der Waals surface area contributed by atoms with Crippen LogP contribution in [0.2, 0.25) is 0 Å². The Hall–Kier alpha value is -3.52. The number of aromatic nitrogens is 5. The van der Waals surface area contributed by atoms with E-state index in [1.807, 2.05) is 24.9 Å². The highest BCUT2D eigenvalue weighted by Gasteiger charge is 2.15. The maximum absolute atomic E-state index is 4.73. The molecule has 4 heterocycles.